The lowest BCUT2D eigenvalue weighted by Crippen LogP contribution is -2.38. The Bertz CT molecular complexity index is 886. The Labute approximate surface area is 168 Å². The highest BCUT2D eigenvalue weighted by molar-refractivity contribution is 5.70. The van der Waals surface area contributed by atoms with Gasteiger partial charge in [-0.25, -0.2) is 9.59 Å². The number of nitrogens with zero attached hydrogens (tertiary/aromatic N) is 1. The average Bonchev–Trinajstić information content (AvgIpc) is 2.68. The fraction of sp³-hybridized carbons (Fsp3) is 0.300. The number of alkyl carbamates (subject to hydrolysis) is 2. The summed E-state index contributed by atoms with van der Waals surface area (Å²) in [5.74, 6) is 0. The summed E-state index contributed by atoms with van der Waals surface area (Å²) < 4.78 is 10.4. The van der Waals surface area contributed by atoms with Crippen LogP contribution in [0, 0.1) is 17.0 Å². The number of hydrogen-bond acceptors (Lipinski definition) is 6. The van der Waals surface area contributed by atoms with Crippen molar-refractivity contribution in [1.29, 1.82) is 0 Å². The molecule has 2 aromatic carbocycles. The largest absolute Gasteiger partial charge is 0.442 e. The normalized spacial score (nSPS) is 12.4. The fourth-order valence-electron chi connectivity index (χ4n) is 2.76. The molecule has 0 spiro atoms. The second-order valence-electron chi connectivity index (χ2n) is 6.30. The first-order valence-corrected chi connectivity index (χ1v) is 8.97. The maximum atomic E-state index is 11.9. The molecule has 154 valence electrons. The molecular weight excluding hydrogens is 378 g/mol. The van der Waals surface area contributed by atoms with Gasteiger partial charge in [0.1, 0.15) is 12.2 Å². The molecule has 2 amide bonds. The van der Waals surface area contributed by atoms with Gasteiger partial charge in [0.2, 0.25) is 0 Å². The van der Waals surface area contributed by atoms with Gasteiger partial charge in [-0.15, -0.1) is 0 Å². The van der Waals surface area contributed by atoms with Gasteiger partial charge in [0.05, 0.1) is 17.2 Å². The zero-order valence-corrected chi connectivity index (χ0v) is 16.4. The first-order chi connectivity index (χ1) is 13.8. The summed E-state index contributed by atoms with van der Waals surface area (Å²) in [6.07, 6.45) is -2.83. The lowest BCUT2D eigenvalue weighted by atomic mass is 10.1. The summed E-state index contributed by atoms with van der Waals surface area (Å²) in [6, 6.07) is 13.5. The quantitative estimate of drug-likeness (QED) is 0.409. The molecule has 9 heteroatoms. The van der Waals surface area contributed by atoms with Crippen LogP contribution in [0.4, 0.5) is 15.3 Å². The third-order valence-corrected chi connectivity index (χ3v) is 4.23. The number of ether oxygens (including phenoxy) is 2. The molecule has 2 unspecified atom stereocenters. The molecule has 0 saturated carbocycles. The number of nitro benzene ring substituents is 1. The van der Waals surface area contributed by atoms with Crippen LogP contribution in [0.3, 0.4) is 0 Å². The van der Waals surface area contributed by atoms with Crippen LogP contribution in [-0.4, -0.2) is 23.8 Å². The number of rotatable bonds is 7. The van der Waals surface area contributed by atoms with E-state index in [2.05, 4.69) is 10.6 Å². The summed E-state index contributed by atoms with van der Waals surface area (Å²) in [7, 11) is 0. The van der Waals surface area contributed by atoms with Crippen molar-refractivity contribution in [2.45, 2.75) is 33.0 Å². The van der Waals surface area contributed by atoms with E-state index < -0.39 is 29.3 Å². The first kappa shape index (κ1) is 21.7. The van der Waals surface area contributed by atoms with Crippen LogP contribution < -0.4 is 10.6 Å². The Hall–Kier alpha value is -3.62. The number of amides is 2. The minimum absolute atomic E-state index is 0.139. The Morgan fingerprint density at radius 2 is 1.41 bits per heavy atom. The number of hydrogen-bond donors (Lipinski definition) is 2. The Morgan fingerprint density at radius 3 is 1.97 bits per heavy atom. The predicted molar refractivity (Wildman–Crippen MR) is 105 cm³/mol. The topological polar surface area (TPSA) is 120 Å². The zero-order valence-electron chi connectivity index (χ0n) is 16.4. The van der Waals surface area contributed by atoms with Gasteiger partial charge in [-0.1, -0.05) is 36.4 Å². The fourth-order valence-corrected chi connectivity index (χ4v) is 2.76. The van der Waals surface area contributed by atoms with Crippen molar-refractivity contribution >= 4 is 17.9 Å². The number of benzene rings is 2. The smallest absolute Gasteiger partial charge is 0.409 e. The van der Waals surface area contributed by atoms with E-state index in [1.165, 1.54) is 25.1 Å². The molecule has 2 rings (SSSR count). The van der Waals surface area contributed by atoms with Gasteiger partial charge < -0.3 is 20.1 Å². The molecule has 0 bridgehead atoms. The molecule has 0 radical (unpaired) electrons. The van der Waals surface area contributed by atoms with E-state index in [1.54, 1.807) is 13.0 Å². The van der Waals surface area contributed by atoms with Crippen molar-refractivity contribution in [2.75, 3.05) is 6.67 Å². The molecule has 0 aliphatic heterocycles. The zero-order chi connectivity index (χ0) is 21.4. The highest BCUT2D eigenvalue weighted by atomic mass is 16.6. The number of nitrogens with one attached hydrogen (secondary N) is 2. The molecule has 2 N–H and O–H groups in total. The summed E-state index contributed by atoms with van der Waals surface area (Å²) in [4.78, 5) is 34.3. The molecule has 9 nitrogen and oxygen atoms in total. The number of carbonyl (C=O) groups excluding carboxylic acids is 2. The average molecular weight is 401 g/mol. The van der Waals surface area contributed by atoms with Crippen LogP contribution in [0.1, 0.15) is 42.7 Å². The van der Waals surface area contributed by atoms with Gasteiger partial charge >= 0.3 is 12.2 Å². The number of para-hydroxylation sites is 1. The van der Waals surface area contributed by atoms with Crippen molar-refractivity contribution in [1.82, 2.24) is 10.6 Å². The van der Waals surface area contributed by atoms with Crippen molar-refractivity contribution in [3.63, 3.8) is 0 Å². The van der Waals surface area contributed by atoms with E-state index in [9.17, 15) is 19.7 Å². The SMILES string of the molecule is Cc1ccccc1C(C)OC(=O)NCNC(=O)OC(C)c1ccccc1[N+](=O)[O-]. The van der Waals surface area contributed by atoms with E-state index in [0.717, 1.165) is 11.1 Å². The number of nitro groups is 1. The summed E-state index contributed by atoms with van der Waals surface area (Å²) >= 11 is 0. The molecule has 2 aromatic rings. The first-order valence-electron chi connectivity index (χ1n) is 8.97. The highest BCUT2D eigenvalue weighted by Crippen LogP contribution is 2.26. The van der Waals surface area contributed by atoms with E-state index in [4.69, 9.17) is 9.47 Å². The van der Waals surface area contributed by atoms with Crippen LogP contribution in [0.25, 0.3) is 0 Å². The van der Waals surface area contributed by atoms with Gasteiger partial charge in [0, 0.05) is 6.07 Å². The van der Waals surface area contributed by atoms with E-state index >= 15 is 0 Å². The third-order valence-electron chi connectivity index (χ3n) is 4.23. The molecule has 2 atom stereocenters. The van der Waals surface area contributed by atoms with Crippen molar-refractivity contribution in [3.8, 4) is 0 Å². The maximum absolute atomic E-state index is 11.9. The van der Waals surface area contributed by atoms with Crippen LogP contribution in [0.5, 0.6) is 0 Å². The molecule has 0 fully saturated rings. The molecule has 0 aromatic heterocycles. The second kappa shape index (κ2) is 10.1. The molecule has 0 aliphatic rings. The maximum Gasteiger partial charge on any atom is 0.409 e. The summed E-state index contributed by atoms with van der Waals surface area (Å²) in [5.41, 5.74) is 2.01. The molecule has 29 heavy (non-hydrogen) atoms. The van der Waals surface area contributed by atoms with Crippen molar-refractivity contribution in [2.24, 2.45) is 0 Å². The third kappa shape index (κ3) is 6.20. The van der Waals surface area contributed by atoms with Crippen LogP contribution in [0.15, 0.2) is 48.5 Å². The molecule has 0 aliphatic carbocycles. The van der Waals surface area contributed by atoms with Gasteiger partial charge in [-0.3, -0.25) is 10.1 Å². The Morgan fingerprint density at radius 1 is 0.931 bits per heavy atom. The summed E-state index contributed by atoms with van der Waals surface area (Å²) in [6.45, 7) is 4.97. The highest BCUT2D eigenvalue weighted by Gasteiger charge is 2.21. The summed E-state index contributed by atoms with van der Waals surface area (Å²) in [5, 5.41) is 15.8. The monoisotopic (exact) mass is 401 g/mol. The molecule has 0 saturated heterocycles. The van der Waals surface area contributed by atoms with Gasteiger partial charge in [-0.05, 0) is 38.0 Å². The molecule has 0 heterocycles. The van der Waals surface area contributed by atoms with Crippen LogP contribution >= 0.6 is 0 Å². The molecular formula is C20H23N3O6. The minimum atomic E-state index is -0.843. The minimum Gasteiger partial charge on any atom is -0.442 e. The van der Waals surface area contributed by atoms with Crippen LogP contribution in [0.2, 0.25) is 0 Å². The van der Waals surface area contributed by atoms with Gasteiger partial charge in [0.25, 0.3) is 5.69 Å². The Balaban J connectivity index is 1.79. The second-order valence-corrected chi connectivity index (χ2v) is 6.30. The lowest BCUT2D eigenvalue weighted by Gasteiger charge is -2.17. The number of aryl methyl sites for hydroxylation is 1. The van der Waals surface area contributed by atoms with Crippen LogP contribution in [-0.2, 0) is 9.47 Å². The van der Waals surface area contributed by atoms with Gasteiger partial charge in [-0.2, -0.15) is 0 Å². The lowest BCUT2D eigenvalue weighted by molar-refractivity contribution is -0.386. The standard InChI is InChI=1S/C20H23N3O6/c1-13-8-4-5-9-16(13)14(2)28-19(24)21-12-22-20(25)29-15(3)17-10-6-7-11-18(17)23(26)27/h4-11,14-15H,12H2,1-3H3,(H,21,24)(H,22,25). The number of carbonyl (C=O) groups is 2. The van der Waals surface area contributed by atoms with E-state index in [0.29, 0.717) is 0 Å². The van der Waals surface area contributed by atoms with Gasteiger partial charge in [0.15, 0.2) is 0 Å². The predicted octanol–water partition coefficient (Wildman–Crippen LogP) is 4.14. The Kier molecular flexibility index (Phi) is 7.53. The van der Waals surface area contributed by atoms with Crippen molar-refractivity contribution < 1.29 is 24.0 Å². The van der Waals surface area contributed by atoms with E-state index in [1.807, 2.05) is 31.2 Å². The van der Waals surface area contributed by atoms with E-state index in [-0.39, 0.29) is 17.9 Å². The van der Waals surface area contributed by atoms with Crippen molar-refractivity contribution in [3.05, 3.63) is 75.3 Å².